The number of carbonyl (C=O) groups excluding carboxylic acids is 3. The Morgan fingerprint density at radius 2 is 1.77 bits per heavy atom. The number of amides is 4. The average Bonchev–Trinajstić information content (AvgIpc) is 3.11. The molecule has 138 valence electrons. The second-order valence-corrected chi connectivity index (χ2v) is 7.12. The molecule has 1 aromatic carbocycles. The number of carboxylic acid groups (broad SMARTS) is 1. The molecule has 1 aliphatic carbocycles. The first-order valence-corrected chi connectivity index (χ1v) is 8.53. The summed E-state index contributed by atoms with van der Waals surface area (Å²) in [5, 5.41) is 16.8. The molecule has 4 amide bonds. The van der Waals surface area contributed by atoms with E-state index >= 15 is 0 Å². The van der Waals surface area contributed by atoms with Crippen LogP contribution in [-0.2, 0) is 15.1 Å². The van der Waals surface area contributed by atoms with Gasteiger partial charge >= 0.3 is 12.0 Å². The fourth-order valence-electron chi connectivity index (χ4n) is 3.70. The van der Waals surface area contributed by atoms with Crippen molar-refractivity contribution in [2.45, 2.75) is 50.1 Å². The van der Waals surface area contributed by atoms with E-state index in [1.54, 1.807) is 31.2 Å². The van der Waals surface area contributed by atoms with Gasteiger partial charge in [0.1, 0.15) is 5.54 Å². The third kappa shape index (κ3) is 3.26. The number of benzene rings is 1. The van der Waals surface area contributed by atoms with Crippen molar-refractivity contribution >= 4 is 23.8 Å². The van der Waals surface area contributed by atoms with Crippen LogP contribution in [0.4, 0.5) is 4.79 Å². The van der Waals surface area contributed by atoms with Crippen LogP contribution in [0.2, 0.25) is 0 Å². The van der Waals surface area contributed by atoms with E-state index in [2.05, 4.69) is 16.0 Å². The van der Waals surface area contributed by atoms with Crippen molar-refractivity contribution in [3.63, 3.8) is 0 Å². The topological polar surface area (TPSA) is 125 Å². The van der Waals surface area contributed by atoms with E-state index in [1.165, 1.54) is 0 Å². The van der Waals surface area contributed by atoms with Gasteiger partial charge in [0.15, 0.2) is 0 Å². The number of hydrogen-bond acceptors (Lipinski definition) is 4. The molecule has 2 aliphatic rings. The van der Waals surface area contributed by atoms with Crippen LogP contribution < -0.4 is 16.0 Å². The second kappa shape index (κ2) is 6.44. The molecule has 8 heteroatoms. The minimum atomic E-state index is -1.18. The largest absolute Gasteiger partial charge is 0.481 e. The summed E-state index contributed by atoms with van der Waals surface area (Å²) < 4.78 is 0. The molecule has 1 heterocycles. The third-order valence-corrected chi connectivity index (χ3v) is 5.20. The molecule has 0 spiro atoms. The van der Waals surface area contributed by atoms with Gasteiger partial charge in [0.05, 0.1) is 12.0 Å². The third-order valence-electron chi connectivity index (χ3n) is 5.20. The van der Waals surface area contributed by atoms with Crippen LogP contribution in [0.25, 0.3) is 0 Å². The molecule has 1 saturated heterocycles. The standard InChI is InChI=1S/C18H21N3O5/c1-17(15(25)19-16(26)21-17)12-6-4-11(5-7-12)14(24)20-18(10-13(22)23)8-2-3-9-18/h4-7H,2-3,8-10H2,1H3,(H,20,24)(H,22,23)(H2,19,21,25,26). The lowest BCUT2D eigenvalue weighted by atomic mass is 9.90. The van der Waals surface area contributed by atoms with Crippen LogP contribution >= 0.6 is 0 Å². The summed E-state index contributed by atoms with van der Waals surface area (Å²) in [4.78, 5) is 47.1. The number of aliphatic carboxylic acids is 1. The second-order valence-electron chi connectivity index (χ2n) is 7.12. The maximum Gasteiger partial charge on any atom is 0.322 e. The van der Waals surface area contributed by atoms with Gasteiger partial charge in [0.2, 0.25) is 0 Å². The predicted molar refractivity (Wildman–Crippen MR) is 91.4 cm³/mol. The molecule has 8 nitrogen and oxygen atoms in total. The van der Waals surface area contributed by atoms with Gasteiger partial charge < -0.3 is 15.7 Å². The summed E-state index contributed by atoms with van der Waals surface area (Å²) in [5.74, 6) is -1.73. The summed E-state index contributed by atoms with van der Waals surface area (Å²) >= 11 is 0. The van der Waals surface area contributed by atoms with Gasteiger partial charge in [-0.3, -0.25) is 19.7 Å². The highest BCUT2D eigenvalue weighted by Gasteiger charge is 2.43. The Balaban J connectivity index is 1.76. The van der Waals surface area contributed by atoms with E-state index in [4.69, 9.17) is 5.11 Å². The van der Waals surface area contributed by atoms with Gasteiger partial charge in [0, 0.05) is 5.56 Å². The zero-order chi connectivity index (χ0) is 18.9. The number of nitrogens with one attached hydrogen (secondary N) is 3. The molecular weight excluding hydrogens is 338 g/mol. The molecule has 3 rings (SSSR count). The Morgan fingerprint density at radius 3 is 2.27 bits per heavy atom. The number of urea groups is 1. The highest BCUT2D eigenvalue weighted by molar-refractivity contribution is 6.07. The molecule has 26 heavy (non-hydrogen) atoms. The smallest absolute Gasteiger partial charge is 0.322 e. The maximum absolute atomic E-state index is 12.6. The monoisotopic (exact) mass is 359 g/mol. The number of rotatable bonds is 5. The summed E-state index contributed by atoms with van der Waals surface area (Å²) in [6.45, 7) is 1.59. The molecule has 1 aliphatic heterocycles. The molecule has 2 fully saturated rings. The van der Waals surface area contributed by atoms with E-state index < -0.39 is 29.0 Å². The van der Waals surface area contributed by atoms with Crippen LogP contribution in [0, 0.1) is 0 Å². The predicted octanol–water partition coefficient (Wildman–Crippen LogP) is 1.26. The lowest BCUT2D eigenvalue weighted by molar-refractivity contribution is -0.138. The van der Waals surface area contributed by atoms with Crippen molar-refractivity contribution < 1.29 is 24.3 Å². The summed E-state index contributed by atoms with van der Waals surface area (Å²) in [6, 6.07) is 5.79. The van der Waals surface area contributed by atoms with Crippen LogP contribution in [0.15, 0.2) is 24.3 Å². The quantitative estimate of drug-likeness (QED) is 0.589. The molecule has 1 atom stereocenters. The Bertz CT molecular complexity index is 768. The molecule has 1 aromatic rings. The number of carbonyl (C=O) groups is 4. The van der Waals surface area contributed by atoms with E-state index in [9.17, 15) is 19.2 Å². The van der Waals surface area contributed by atoms with Gasteiger partial charge in [0.25, 0.3) is 11.8 Å². The molecule has 0 aromatic heterocycles. The van der Waals surface area contributed by atoms with Crippen LogP contribution in [0.5, 0.6) is 0 Å². The van der Waals surface area contributed by atoms with E-state index in [-0.39, 0.29) is 12.3 Å². The molecule has 1 saturated carbocycles. The van der Waals surface area contributed by atoms with Crippen molar-refractivity contribution in [3.05, 3.63) is 35.4 Å². The SMILES string of the molecule is CC1(c2ccc(C(=O)NC3(CC(=O)O)CCCC3)cc2)NC(=O)NC1=O. The van der Waals surface area contributed by atoms with Crippen LogP contribution in [0.3, 0.4) is 0 Å². The van der Waals surface area contributed by atoms with Crippen molar-refractivity contribution in [2.24, 2.45) is 0 Å². The van der Waals surface area contributed by atoms with Crippen molar-refractivity contribution in [1.82, 2.24) is 16.0 Å². The molecular formula is C18H21N3O5. The lowest BCUT2D eigenvalue weighted by Gasteiger charge is -2.29. The lowest BCUT2D eigenvalue weighted by Crippen LogP contribution is -2.47. The van der Waals surface area contributed by atoms with Crippen molar-refractivity contribution in [1.29, 1.82) is 0 Å². The molecule has 0 radical (unpaired) electrons. The highest BCUT2D eigenvalue weighted by Crippen LogP contribution is 2.33. The maximum atomic E-state index is 12.6. The fraction of sp³-hybridized carbons (Fsp3) is 0.444. The van der Waals surface area contributed by atoms with Gasteiger partial charge in [-0.05, 0) is 37.5 Å². The minimum absolute atomic E-state index is 0.0961. The molecule has 0 bridgehead atoms. The summed E-state index contributed by atoms with van der Waals surface area (Å²) in [5.41, 5.74) is -0.952. The zero-order valence-electron chi connectivity index (χ0n) is 14.4. The first kappa shape index (κ1) is 17.9. The normalized spacial score (nSPS) is 24.0. The van der Waals surface area contributed by atoms with Gasteiger partial charge in [-0.1, -0.05) is 25.0 Å². The first-order valence-electron chi connectivity index (χ1n) is 8.53. The van der Waals surface area contributed by atoms with Crippen LogP contribution in [-0.4, -0.2) is 34.5 Å². The summed E-state index contributed by atoms with van der Waals surface area (Å²) in [6.07, 6.45) is 2.97. The Kier molecular flexibility index (Phi) is 4.43. The average molecular weight is 359 g/mol. The highest BCUT2D eigenvalue weighted by atomic mass is 16.4. The van der Waals surface area contributed by atoms with Gasteiger partial charge in [-0.25, -0.2) is 4.79 Å². The van der Waals surface area contributed by atoms with E-state index in [1.807, 2.05) is 0 Å². The van der Waals surface area contributed by atoms with Gasteiger partial charge in [-0.2, -0.15) is 0 Å². The number of imide groups is 1. The summed E-state index contributed by atoms with van der Waals surface area (Å²) in [7, 11) is 0. The number of hydrogen-bond donors (Lipinski definition) is 4. The van der Waals surface area contributed by atoms with Gasteiger partial charge in [-0.15, -0.1) is 0 Å². The first-order chi connectivity index (χ1) is 12.2. The minimum Gasteiger partial charge on any atom is -0.481 e. The van der Waals surface area contributed by atoms with E-state index in [0.29, 0.717) is 24.0 Å². The van der Waals surface area contributed by atoms with E-state index in [0.717, 1.165) is 12.8 Å². The zero-order valence-corrected chi connectivity index (χ0v) is 14.4. The fourth-order valence-corrected chi connectivity index (χ4v) is 3.70. The van der Waals surface area contributed by atoms with Crippen molar-refractivity contribution in [2.75, 3.05) is 0 Å². The molecule has 4 N–H and O–H groups in total. The Morgan fingerprint density at radius 1 is 1.15 bits per heavy atom. The van der Waals surface area contributed by atoms with Crippen molar-refractivity contribution in [3.8, 4) is 0 Å². The van der Waals surface area contributed by atoms with Crippen LogP contribution in [0.1, 0.15) is 54.9 Å². The molecule has 1 unspecified atom stereocenters. The Hall–Kier alpha value is -2.90. The number of carboxylic acids is 1. The Labute approximate surface area is 150 Å².